The highest BCUT2D eigenvalue weighted by molar-refractivity contribution is 5.93. The molecule has 4 nitrogen and oxygen atoms in total. The Morgan fingerprint density at radius 2 is 2.38 bits per heavy atom. The maximum absolute atomic E-state index is 11.6. The third-order valence-electron chi connectivity index (χ3n) is 2.25. The van der Waals surface area contributed by atoms with Crippen LogP contribution in [0.4, 0.5) is 0 Å². The molecule has 2 N–H and O–H groups in total. The number of furan rings is 1. The molecule has 0 spiro atoms. The maximum atomic E-state index is 11.6. The van der Waals surface area contributed by atoms with Crippen LogP contribution in [-0.4, -0.2) is 29.9 Å². The van der Waals surface area contributed by atoms with E-state index in [0.717, 1.165) is 5.56 Å². The van der Waals surface area contributed by atoms with Gasteiger partial charge in [-0.3, -0.25) is 4.79 Å². The Morgan fingerprint density at radius 1 is 1.69 bits per heavy atom. The predicted octanol–water partition coefficient (Wildman–Crippen LogP) is 0.371. The topological polar surface area (TPSA) is 59.5 Å². The Labute approximate surface area is 76.3 Å². The van der Waals surface area contributed by atoms with E-state index in [1.54, 1.807) is 11.0 Å². The molecule has 4 heteroatoms. The minimum absolute atomic E-state index is 0.0517. The zero-order valence-corrected chi connectivity index (χ0v) is 7.49. The smallest absolute Gasteiger partial charge is 0.289 e. The zero-order chi connectivity index (χ0) is 9.42. The first kappa shape index (κ1) is 8.31. The molecule has 0 aromatic carbocycles. The second-order valence-electron chi connectivity index (χ2n) is 3.40. The summed E-state index contributed by atoms with van der Waals surface area (Å²) in [7, 11) is 0. The van der Waals surface area contributed by atoms with Gasteiger partial charge < -0.3 is 15.1 Å². The highest BCUT2D eigenvalue weighted by Gasteiger charge is 2.30. The molecule has 0 aliphatic carbocycles. The van der Waals surface area contributed by atoms with Crippen LogP contribution in [0.3, 0.4) is 0 Å². The monoisotopic (exact) mass is 180 g/mol. The minimum atomic E-state index is -0.0517. The largest absolute Gasteiger partial charge is 0.459 e. The quantitative estimate of drug-likeness (QED) is 0.679. The van der Waals surface area contributed by atoms with Crippen LogP contribution in [0.1, 0.15) is 16.1 Å². The van der Waals surface area contributed by atoms with Crippen molar-refractivity contribution in [3.8, 4) is 0 Å². The number of carbonyl (C=O) groups excluding carboxylic acids is 1. The SMILES string of the molecule is Cc1ccoc1C(=O)N1CC(N)C1. The Balaban J connectivity index is 2.10. The van der Waals surface area contributed by atoms with Crippen molar-refractivity contribution in [1.82, 2.24) is 4.90 Å². The molecule has 70 valence electrons. The second-order valence-corrected chi connectivity index (χ2v) is 3.40. The lowest BCUT2D eigenvalue weighted by Gasteiger charge is -2.36. The first-order chi connectivity index (χ1) is 6.18. The molecule has 0 bridgehead atoms. The molecule has 2 heterocycles. The molecule has 2 rings (SSSR count). The number of nitrogens with zero attached hydrogens (tertiary/aromatic N) is 1. The highest BCUT2D eigenvalue weighted by atomic mass is 16.3. The second kappa shape index (κ2) is 2.88. The van der Waals surface area contributed by atoms with Gasteiger partial charge in [0.05, 0.1) is 6.26 Å². The van der Waals surface area contributed by atoms with Crippen molar-refractivity contribution >= 4 is 5.91 Å². The molecule has 1 aromatic heterocycles. The van der Waals surface area contributed by atoms with Crippen molar-refractivity contribution in [1.29, 1.82) is 0 Å². The number of hydrogen-bond donors (Lipinski definition) is 1. The number of nitrogens with two attached hydrogens (primary N) is 1. The number of hydrogen-bond acceptors (Lipinski definition) is 3. The number of carbonyl (C=O) groups is 1. The van der Waals surface area contributed by atoms with E-state index in [4.69, 9.17) is 10.2 Å². The summed E-state index contributed by atoms with van der Waals surface area (Å²) in [6.45, 7) is 3.13. The van der Waals surface area contributed by atoms with Gasteiger partial charge >= 0.3 is 0 Å². The van der Waals surface area contributed by atoms with Crippen molar-refractivity contribution in [3.05, 3.63) is 23.7 Å². The molecular weight excluding hydrogens is 168 g/mol. The van der Waals surface area contributed by atoms with E-state index < -0.39 is 0 Å². The molecule has 1 aromatic rings. The lowest BCUT2D eigenvalue weighted by atomic mass is 10.1. The Morgan fingerprint density at radius 3 is 2.85 bits per heavy atom. The van der Waals surface area contributed by atoms with Gasteiger partial charge in [-0.1, -0.05) is 0 Å². The summed E-state index contributed by atoms with van der Waals surface area (Å²) in [5.74, 6) is 0.385. The number of amides is 1. The van der Waals surface area contributed by atoms with Crippen LogP contribution in [0.15, 0.2) is 16.7 Å². The van der Waals surface area contributed by atoms with Crippen LogP contribution >= 0.6 is 0 Å². The van der Waals surface area contributed by atoms with E-state index in [1.807, 2.05) is 6.92 Å². The van der Waals surface area contributed by atoms with Gasteiger partial charge in [0, 0.05) is 24.7 Å². The summed E-state index contributed by atoms with van der Waals surface area (Å²) in [6.07, 6.45) is 1.53. The zero-order valence-electron chi connectivity index (χ0n) is 7.49. The fourth-order valence-corrected chi connectivity index (χ4v) is 1.41. The lowest BCUT2D eigenvalue weighted by molar-refractivity contribution is 0.0574. The van der Waals surface area contributed by atoms with Crippen LogP contribution in [-0.2, 0) is 0 Å². The number of aryl methyl sites for hydroxylation is 1. The Kier molecular flexibility index (Phi) is 1.84. The van der Waals surface area contributed by atoms with Gasteiger partial charge in [-0.15, -0.1) is 0 Å². The molecule has 0 radical (unpaired) electrons. The van der Waals surface area contributed by atoms with Crippen LogP contribution in [0.2, 0.25) is 0 Å². The Bertz CT molecular complexity index is 326. The van der Waals surface area contributed by atoms with Crippen molar-refractivity contribution in [2.45, 2.75) is 13.0 Å². The van der Waals surface area contributed by atoms with Gasteiger partial charge in [0.1, 0.15) is 0 Å². The number of rotatable bonds is 1. The fourth-order valence-electron chi connectivity index (χ4n) is 1.41. The van der Waals surface area contributed by atoms with Crippen molar-refractivity contribution < 1.29 is 9.21 Å². The normalized spacial score (nSPS) is 17.2. The predicted molar refractivity (Wildman–Crippen MR) is 47.3 cm³/mol. The molecule has 0 saturated carbocycles. The van der Waals surface area contributed by atoms with Gasteiger partial charge in [0.25, 0.3) is 5.91 Å². The van der Waals surface area contributed by atoms with Gasteiger partial charge in [0.2, 0.25) is 0 Å². The third kappa shape index (κ3) is 1.33. The average Bonchev–Trinajstić information content (AvgIpc) is 2.44. The first-order valence-electron chi connectivity index (χ1n) is 4.27. The molecule has 1 aliphatic rings. The molecule has 1 saturated heterocycles. The summed E-state index contributed by atoms with van der Waals surface area (Å²) in [5, 5.41) is 0. The van der Waals surface area contributed by atoms with Gasteiger partial charge in [-0.25, -0.2) is 0 Å². The summed E-state index contributed by atoms with van der Waals surface area (Å²) in [4.78, 5) is 13.3. The first-order valence-corrected chi connectivity index (χ1v) is 4.27. The van der Waals surface area contributed by atoms with E-state index >= 15 is 0 Å². The van der Waals surface area contributed by atoms with E-state index in [-0.39, 0.29) is 11.9 Å². The fraction of sp³-hybridized carbons (Fsp3) is 0.444. The van der Waals surface area contributed by atoms with Gasteiger partial charge in [0.15, 0.2) is 5.76 Å². The standard InChI is InChI=1S/C9H12N2O2/c1-6-2-3-13-8(6)9(12)11-4-7(10)5-11/h2-3,7H,4-5,10H2,1H3. The van der Waals surface area contributed by atoms with Crippen molar-refractivity contribution in [2.24, 2.45) is 5.73 Å². The summed E-state index contributed by atoms with van der Waals surface area (Å²) in [5.41, 5.74) is 6.45. The van der Waals surface area contributed by atoms with Crippen molar-refractivity contribution in [2.75, 3.05) is 13.1 Å². The van der Waals surface area contributed by atoms with Crippen LogP contribution < -0.4 is 5.73 Å². The van der Waals surface area contributed by atoms with Gasteiger partial charge in [-0.2, -0.15) is 0 Å². The molecule has 13 heavy (non-hydrogen) atoms. The molecule has 1 fully saturated rings. The molecule has 1 aliphatic heterocycles. The number of likely N-dealkylation sites (tertiary alicyclic amines) is 1. The minimum Gasteiger partial charge on any atom is -0.459 e. The maximum Gasteiger partial charge on any atom is 0.289 e. The third-order valence-corrected chi connectivity index (χ3v) is 2.25. The summed E-state index contributed by atoms with van der Waals surface area (Å²) < 4.78 is 5.09. The highest BCUT2D eigenvalue weighted by Crippen LogP contribution is 2.15. The van der Waals surface area contributed by atoms with E-state index in [0.29, 0.717) is 18.8 Å². The Hall–Kier alpha value is -1.29. The van der Waals surface area contributed by atoms with Crippen LogP contribution in [0.25, 0.3) is 0 Å². The van der Waals surface area contributed by atoms with E-state index in [9.17, 15) is 4.79 Å². The molecular formula is C9H12N2O2. The molecule has 1 amide bonds. The van der Waals surface area contributed by atoms with Crippen LogP contribution in [0.5, 0.6) is 0 Å². The average molecular weight is 180 g/mol. The lowest BCUT2D eigenvalue weighted by Crippen LogP contribution is -2.57. The van der Waals surface area contributed by atoms with E-state index in [2.05, 4.69) is 0 Å². The van der Waals surface area contributed by atoms with Crippen molar-refractivity contribution in [3.63, 3.8) is 0 Å². The molecule has 0 atom stereocenters. The van der Waals surface area contributed by atoms with E-state index in [1.165, 1.54) is 6.26 Å². The van der Waals surface area contributed by atoms with Crippen LogP contribution in [0, 0.1) is 6.92 Å². The summed E-state index contributed by atoms with van der Waals surface area (Å²) >= 11 is 0. The van der Waals surface area contributed by atoms with Gasteiger partial charge in [-0.05, 0) is 13.0 Å². The molecule has 0 unspecified atom stereocenters. The summed E-state index contributed by atoms with van der Waals surface area (Å²) in [6, 6.07) is 1.92.